The molecule has 28 heavy (non-hydrogen) atoms. The van der Waals surface area contributed by atoms with E-state index in [1.165, 1.54) is 6.42 Å². The lowest BCUT2D eigenvalue weighted by Crippen LogP contribution is -2.38. The SMILES string of the molecule is CNCCC1CCN(C(=O)c2cccc(OCc3csc(C)n3)c2)CC1.Cl.Cl. The molecule has 1 amide bonds. The number of rotatable bonds is 7. The Kier molecular flexibility index (Phi) is 10.8. The van der Waals surface area contributed by atoms with Crippen LogP contribution in [0.2, 0.25) is 0 Å². The predicted molar refractivity (Wildman–Crippen MR) is 119 cm³/mol. The number of amides is 1. The largest absolute Gasteiger partial charge is 0.487 e. The number of hydrogen-bond acceptors (Lipinski definition) is 5. The molecule has 8 heteroatoms. The lowest BCUT2D eigenvalue weighted by Gasteiger charge is -2.32. The molecule has 5 nitrogen and oxygen atoms in total. The van der Waals surface area contributed by atoms with Crippen LogP contribution in [0.4, 0.5) is 0 Å². The third-order valence-electron chi connectivity index (χ3n) is 4.84. The number of carbonyl (C=O) groups excluding carboxylic acids is 1. The van der Waals surface area contributed by atoms with Gasteiger partial charge in [-0.05, 0) is 63.9 Å². The van der Waals surface area contributed by atoms with E-state index in [2.05, 4.69) is 10.3 Å². The van der Waals surface area contributed by atoms with E-state index in [0.717, 1.165) is 49.1 Å². The first-order chi connectivity index (χ1) is 12.7. The van der Waals surface area contributed by atoms with Gasteiger partial charge in [0.15, 0.2) is 0 Å². The van der Waals surface area contributed by atoms with Crippen molar-refractivity contribution >= 4 is 42.1 Å². The van der Waals surface area contributed by atoms with Gasteiger partial charge in [-0.25, -0.2) is 4.98 Å². The van der Waals surface area contributed by atoms with Crippen molar-refractivity contribution in [3.63, 3.8) is 0 Å². The summed E-state index contributed by atoms with van der Waals surface area (Å²) in [5.74, 6) is 1.54. The first-order valence-corrected chi connectivity index (χ1v) is 10.1. The summed E-state index contributed by atoms with van der Waals surface area (Å²) < 4.78 is 5.81. The Hall–Kier alpha value is -1.34. The second-order valence-electron chi connectivity index (χ2n) is 6.80. The molecule has 0 spiro atoms. The molecule has 1 fully saturated rings. The van der Waals surface area contributed by atoms with Gasteiger partial charge in [0, 0.05) is 24.0 Å². The molecular formula is C20H29Cl2N3O2S. The van der Waals surface area contributed by atoms with Crippen molar-refractivity contribution in [2.45, 2.75) is 32.8 Å². The average molecular weight is 446 g/mol. The van der Waals surface area contributed by atoms with Crippen molar-refractivity contribution in [1.82, 2.24) is 15.2 Å². The molecule has 2 aromatic rings. The highest BCUT2D eigenvalue weighted by molar-refractivity contribution is 7.09. The number of carbonyl (C=O) groups is 1. The number of aromatic nitrogens is 1. The van der Waals surface area contributed by atoms with E-state index in [1.807, 2.05) is 48.5 Å². The highest BCUT2D eigenvalue weighted by atomic mass is 35.5. The summed E-state index contributed by atoms with van der Waals surface area (Å²) in [7, 11) is 1.99. The lowest BCUT2D eigenvalue weighted by molar-refractivity contribution is 0.0686. The minimum absolute atomic E-state index is 0. The van der Waals surface area contributed by atoms with Gasteiger partial charge in [0.1, 0.15) is 12.4 Å². The van der Waals surface area contributed by atoms with E-state index in [1.54, 1.807) is 11.3 Å². The Balaban J connectivity index is 0.00000196. The zero-order valence-electron chi connectivity index (χ0n) is 16.3. The summed E-state index contributed by atoms with van der Waals surface area (Å²) in [5.41, 5.74) is 1.62. The van der Waals surface area contributed by atoms with Gasteiger partial charge in [-0.1, -0.05) is 6.07 Å². The number of piperidine rings is 1. The number of nitrogens with one attached hydrogen (secondary N) is 1. The van der Waals surface area contributed by atoms with E-state index < -0.39 is 0 Å². The highest BCUT2D eigenvalue weighted by Gasteiger charge is 2.23. The lowest BCUT2D eigenvalue weighted by atomic mass is 9.93. The standard InChI is InChI=1S/C20H27N3O2S.2ClH/c1-15-22-18(14-26-15)13-25-19-5-3-4-17(12-19)20(24)23-10-7-16(8-11-23)6-9-21-2;;/h3-5,12,14,16,21H,6-11,13H2,1-2H3;2*1H. The Labute approximate surface area is 183 Å². The molecule has 2 heterocycles. The van der Waals surface area contributed by atoms with Gasteiger partial charge in [0.2, 0.25) is 0 Å². The number of nitrogens with zero attached hydrogens (tertiary/aromatic N) is 2. The van der Waals surface area contributed by atoms with Crippen molar-refractivity contribution in [2.24, 2.45) is 5.92 Å². The third kappa shape index (κ3) is 6.92. The smallest absolute Gasteiger partial charge is 0.253 e. The Bertz CT molecular complexity index is 734. The molecule has 1 aliphatic rings. The van der Waals surface area contributed by atoms with E-state index >= 15 is 0 Å². The van der Waals surface area contributed by atoms with E-state index in [4.69, 9.17) is 4.74 Å². The van der Waals surface area contributed by atoms with E-state index in [-0.39, 0.29) is 30.7 Å². The zero-order valence-corrected chi connectivity index (χ0v) is 18.8. The number of halogens is 2. The average Bonchev–Trinajstić information content (AvgIpc) is 3.10. The van der Waals surface area contributed by atoms with Crippen molar-refractivity contribution in [3.8, 4) is 5.75 Å². The molecule has 1 aromatic heterocycles. The fourth-order valence-electron chi connectivity index (χ4n) is 3.31. The quantitative estimate of drug-likeness (QED) is 0.688. The van der Waals surface area contributed by atoms with Crippen LogP contribution in [-0.4, -0.2) is 42.5 Å². The van der Waals surface area contributed by atoms with Crippen LogP contribution in [0.3, 0.4) is 0 Å². The topological polar surface area (TPSA) is 54.5 Å². The summed E-state index contributed by atoms with van der Waals surface area (Å²) in [4.78, 5) is 19.2. The summed E-state index contributed by atoms with van der Waals surface area (Å²) >= 11 is 1.62. The summed E-state index contributed by atoms with van der Waals surface area (Å²) in [5, 5.41) is 6.24. The maximum atomic E-state index is 12.8. The van der Waals surface area contributed by atoms with Crippen LogP contribution in [0.25, 0.3) is 0 Å². The van der Waals surface area contributed by atoms with Crippen molar-refractivity contribution in [2.75, 3.05) is 26.7 Å². The number of likely N-dealkylation sites (tertiary alicyclic amines) is 1. The second kappa shape index (κ2) is 12.3. The van der Waals surface area contributed by atoms with Crippen LogP contribution >= 0.6 is 36.2 Å². The van der Waals surface area contributed by atoms with Crippen LogP contribution in [0, 0.1) is 12.8 Å². The Morgan fingerprint density at radius 3 is 2.71 bits per heavy atom. The molecular weight excluding hydrogens is 417 g/mol. The minimum atomic E-state index is 0. The molecule has 1 N–H and O–H groups in total. The van der Waals surface area contributed by atoms with Crippen LogP contribution < -0.4 is 10.1 Å². The fourth-order valence-corrected chi connectivity index (χ4v) is 3.90. The monoisotopic (exact) mass is 445 g/mol. The van der Waals surface area contributed by atoms with Crippen molar-refractivity contribution in [1.29, 1.82) is 0 Å². The first kappa shape index (κ1) is 24.7. The molecule has 1 saturated heterocycles. The minimum Gasteiger partial charge on any atom is -0.487 e. The Morgan fingerprint density at radius 1 is 1.32 bits per heavy atom. The van der Waals surface area contributed by atoms with Gasteiger partial charge >= 0.3 is 0 Å². The molecule has 0 radical (unpaired) electrons. The molecule has 0 unspecified atom stereocenters. The molecule has 0 atom stereocenters. The van der Waals surface area contributed by atoms with Crippen LogP contribution in [0.5, 0.6) is 5.75 Å². The van der Waals surface area contributed by atoms with Gasteiger partial charge in [0.25, 0.3) is 5.91 Å². The number of hydrogen-bond donors (Lipinski definition) is 1. The van der Waals surface area contributed by atoms with E-state index in [0.29, 0.717) is 17.9 Å². The van der Waals surface area contributed by atoms with Crippen molar-refractivity contribution in [3.05, 3.63) is 45.9 Å². The third-order valence-corrected chi connectivity index (χ3v) is 5.66. The zero-order chi connectivity index (χ0) is 18.4. The van der Waals surface area contributed by atoms with Gasteiger partial charge in [-0.3, -0.25) is 4.79 Å². The number of ether oxygens (including phenoxy) is 1. The molecule has 0 aliphatic carbocycles. The van der Waals surface area contributed by atoms with E-state index in [9.17, 15) is 4.79 Å². The summed E-state index contributed by atoms with van der Waals surface area (Å²) in [6.45, 7) is 5.15. The highest BCUT2D eigenvalue weighted by Crippen LogP contribution is 2.23. The molecule has 0 bridgehead atoms. The summed E-state index contributed by atoms with van der Waals surface area (Å²) in [6.07, 6.45) is 3.37. The van der Waals surface area contributed by atoms with Crippen molar-refractivity contribution < 1.29 is 9.53 Å². The molecule has 1 aliphatic heterocycles. The Morgan fingerprint density at radius 2 is 2.07 bits per heavy atom. The van der Waals surface area contributed by atoms with Gasteiger partial charge < -0.3 is 15.0 Å². The maximum absolute atomic E-state index is 12.8. The maximum Gasteiger partial charge on any atom is 0.253 e. The molecule has 0 saturated carbocycles. The summed E-state index contributed by atoms with van der Waals surface area (Å²) in [6, 6.07) is 7.48. The number of thiazole rings is 1. The van der Waals surface area contributed by atoms with Crippen LogP contribution in [0.1, 0.15) is 40.3 Å². The molecule has 156 valence electrons. The fraction of sp³-hybridized carbons (Fsp3) is 0.500. The van der Waals surface area contributed by atoms with Gasteiger partial charge in [-0.15, -0.1) is 36.2 Å². The number of aryl methyl sites for hydroxylation is 1. The van der Waals surface area contributed by atoms with Crippen LogP contribution in [-0.2, 0) is 6.61 Å². The normalized spacial score (nSPS) is 14.1. The van der Waals surface area contributed by atoms with Crippen LogP contribution in [0.15, 0.2) is 29.6 Å². The first-order valence-electron chi connectivity index (χ1n) is 9.23. The molecule has 3 rings (SSSR count). The van der Waals surface area contributed by atoms with Gasteiger partial charge in [0.05, 0.1) is 10.7 Å². The predicted octanol–water partition coefficient (Wildman–Crippen LogP) is 4.34. The number of benzene rings is 1. The molecule has 1 aromatic carbocycles. The second-order valence-corrected chi connectivity index (χ2v) is 7.86. The van der Waals surface area contributed by atoms with Gasteiger partial charge in [-0.2, -0.15) is 0 Å².